The van der Waals surface area contributed by atoms with Crippen LogP contribution in [-0.4, -0.2) is 77.2 Å². The minimum Gasteiger partial charge on any atom is -0.345 e. The molecule has 2 rings (SSSR count). The maximum atomic E-state index is 12.6. The lowest BCUT2D eigenvalue weighted by atomic mass is 9.96. The van der Waals surface area contributed by atoms with Crippen molar-refractivity contribution in [3.05, 3.63) is 18.0 Å². The molecule has 0 aromatic carbocycles. The molecule has 7 heteroatoms. The number of aryl methyl sites for hydroxylation is 2. The van der Waals surface area contributed by atoms with Gasteiger partial charge in [0.1, 0.15) is 0 Å². The zero-order valence-corrected chi connectivity index (χ0v) is 15.2. The first kappa shape index (κ1) is 18.3. The van der Waals surface area contributed by atoms with Gasteiger partial charge in [0.15, 0.2) is 0 Å². The van der Waals surface area contributed by atoms with Gasteiger partial charge in [0.2, 0.25) is 5.91 Å². The molecular formula is C17H29N5O2. The van der Waals surface area contributed by atoms with E-state index in [2.05, 4.69) is 5.10 Å². The molecule has 0 unspecified atom stereocenters. The van der Waals surface area contributed by atoms with Crippen LogP contribution in [0.15, 0.2) is 12.4 Å². The van der Waals surface area contributed by atoms with Crippen LogP contribution in [0.3, 0.4) is 0 Å². The van der Waals surface area contributed by atoms with Gasteiger partial charge < -0.3 is 14.7 Å². The second kappa shape index (κ2) is 8.17. The number of piperidine rings is 1. The molecule has 2 heterocycles. The van der Waals surface area contributed by atoms with Crippen molar-refractivity contribution in [3.8, 4) is 0 Å². The van der Waals surface area contributed by atoms with Crippen LogP contribution in [0, 0.1) is 5.92 Å². The van der Waals surface area contributed by atoms with E-state index in [9.17, 15) is 9.59 Å². The summed E-state index contributed by atoms with van der Waals surface area (Å²) in [7, 11) is 7.26. The molecule has 0 radical (unpaired) electrons. The van der Waals surface area contributed by atoms with Gasteiger partial charge in [0.25, 0.3) is 0 Å². The molecule has 0 aliphatic carbocycles. The zero-order valence-electron chi connectivity index (χ0n) is 15.2. The van der Waals surface area contributed by atoms with Gasteiger partial charge in [-0.15, -0.1) is 0 Å². The Hall–Kier alpha value is -2.05. The second-order valence-corrected chi connectivity index (χ2v) is 6.85. The quantitative estimate of drug-likeness (QED) is 0.812. The fraction of sp³-hybridized carbons (Fsp3) is 0.706. The van der Waals surface area contributed by atoms with Crippen LogP contribution in [0.4, 0.5) is 4.79 Å². The molecule has 3 amide bonds. The summed E-state index contributed by atoms with van der Waals surface area (Å²) >= 11 is 0. The van der Waals surface area contributed by atoms with Crippen molar-refractivity contribution in [2.45, 2.75) is 25.7 Å². The van der Waals surface area contributed by atoms with Crippen molar-refractivity contribution in [1.82, 2.24) is 24.5 Å². The molecule has 0 saturated carbocycles. The maximum absolute atomic E-state index is 12.6. The molecule has 7 nitrogen and oxygen atoms in total. The standard InChI is InChI=1S/C17H29N5O2/c1-19(2)17(24)22-10-6-8-15(13-22)16(23)20(3)9-5-7-14-11-18-21(4)12-14/h11-12,15H,5-10,13H2,1-4H3/t15-/m1/s1. The number of carbonyl (C=O) groups excluding carboxylic acids is 2. The molecule has 1 aliphatic rings. The van der Waals surface area contributed by atoms with Gasteiger partial charge in [-0.05, 0) is 31.2 Å². The molecule has 24 heavy (non-hydrogen) atoms. The number of likely N-dealkylation sites (tertiary alicyclic amines) is 1. The van der Waals surface area contributed by atoms with Crippen molar-refractivity contribution < 1.29 is 9.59 Å². The Morgan fingerprint density at radius 3 is 2.71 bits per heavy atom. The summed E-state index contributed by atoms with van der Waals surface area (Å²) in [6.45, 7) is 2.00. The summed E-state index contributed by atoms with van der Waals surface area (Å²) in [5.41, 5.74) is 1.19. The molecular weight excluding hydrogens is 306 g/mol. The van der Waals surface area contributed by atoms with Crippen LogP contribution >= 0.6 is 0 Å². The zero-order chi connectivity index (χ0) is 17.7. The van der Waals surface area contributed by atoms with E-state index >= 15 is 0 Å². The van der Waals surface area contributed by atoms with Gasteiger partial charge in [-0.1, -0.05) is 0 Å². The third-order valence-corrected chi connectivity index (χ3v) is 4.52. The van der Waals surface area contributed by atoms with Gasteiger partial charge in [-0.2, -0.15) is 5.10 Å². The summed E-state index contributed by atoms with van der Waals surface area (Å²) in [5, 5.41) is 4.16. The summed E-state index contributed by atoms with van der Waals surface area (Å²) in [5.74, 6) is 0.0727. The van der Waals surface area contributed by atoms with Crippen LogP contribution in [0.2, 0.25) is 0 Å². The predicted octanol–water partition coefficient (Wildman–Crippen LogP) is 1.20. The first-order valence-corrected chi connectivity index (χ1v) is 8.57. The topological polar surface area (TPSA) is 61.7 Å². The molecule has 0 N–H and O–H groups in total. The van der Waals surface area contributed by atoms with Crippen molar-refractivity contribution in [1.29, 1.82) is 0 Å². The lowest BCUT2D eigenvalue weighted by molar-refractivity contribution is -0.135. The van der Waals surface area contributed by atoms with Crippen molar-refractivity contribution >= 4 is 11.9 Å². The second-order valence-electron chi connectivity index (χ2n) is 6.85. The minimum atomic E-state index is -0.0777. The van der Waals surface area contributed by atoms with Crippen LogP contribution in [-0.2, 0) is 18.3 Å². The lowest BCUT2D eigenvalue weighted by Gasteiger charge is -2.35. The van der Waals surface area contributed by atoms with Crippen molar-refractivity contribution in [3.63, 3.8) is 0 Å². The third kappa shape index (κ3) is 4.72. The van der Waals surface area contributed by atoms with Crippen LogP contribution < -0.4 is 0 Å². The smallest absolute Gasteiger partial charge is 0.319 e. The number of amides is 3. The molecule has 1 fully saturated rings. The number of rotatable bonds is 5. The molecule has 1 aromatic heterocycles. The predicted molar refractivity (Wildman–Crippen MR) is 92.5 cm³/mol. The van der Waals surface area contributed by atoms with E-state index in [0.29, 0.717) is 6.54 Å². The van der Waals surface area contributed by atoms with Crippen molar-refractivity contribution in [2.24, 2.45) is 13.0 Å². The highest BCUT2D eigenvalue weighted by atomic mass is 16.2. The molecule has 1 aromatic rings. The Balaban J connectivity index is 1.80. The number of hydrogen-bond acceptors (Lipinski definition) is 3. The van der Waals surface area contributed by atoms with Gasteiger partial charge in [-0.3, -0.25) is 9.48 Å². The third-order valence-electron chi connectivity index (χ3n) is 4.52. The summed E-state index contributed by atoms with van der Waals surface area (Å²) in [6.07, 6.45) is 7.46. The molecule has 0 bridgehead atoms. The molecule has 1 saturated heterocycles. The molecule has 0 spiro atoms. The SMILES string of the molecule is CN(C)C(=O)N1CCC[C@@H](C(=O)N(C)CCCc2cnn(C)c2)C1. The van der Waals surface area contributed by atoms with E-state index in [0.717, 1.165) is 38.8 Å². The maximum Gasteiger partial charge on any atom is 0.319 e. The Labute approximate surface area is 144 Å². The monoisotopic (exact) mass is 335 g/mol. The fourth-order valence-corrected chi connectivity index (χ4v) is 3.18. The average molecular weight is 335 g/mol. The summed E-state index contributed by atoms with van der Waals surface area (Å²) < 4.78 is 1.79. The highest BCUT2D eigenvalue weighted by molar-refractivity contribution is 5.80. The molecule has 134 valence electrons. The number of urea groups is 1. The summed E-state index contributed by atoms with van der Waals surface area (Å²) in [4.78, 5) is 29.9. The Morgan fingerprint density at radius 1 is 1.33 bits per heavy atom. The van der Waals surface area contributed by atoms with Crippen molar-refractivity contribution in [2.75, 3.05) is 40.8 Å². The van der Waals surface area contributed by atoms with Gasteiger partial charge >= 0.3 is 6.03 Å². The van der Waals surface area contributed by atoms with Crippen LogP contribution in [0.25, 0.3) is 0 Å². The number of nitrogens with zero attached hydrogens (tertiary/aromatic N) is 5. The van der Waals surface area contributed by atoms with Crippen LogP contribution in [0.5, 0.6) is 0 Å². The first-order chi connectivity index (χ1) is 11.4. The Kier molecular flexibility index (Phi) is 6.23. The lowest BCUT2D eigenvalue weighted by Crippen LogP contribution is -2.48. The van der Waals surface area contributed by atoms with Crippen LogP contribution in [0.1, 0.15) is 24.8 Å². The largest absolute Gasteiger partial charge is 0.345 e. The van der Waals surface area contributed by atoms with Gasteiger partial charge in [0.05, 0.1) is 12.1 Å². The molecule has 1 atom stereocenters. The Morgan fingerprint density at radius 2 is 2.08 bits per heavy atom. The van der Waals surface area contributed by atoms with Gasteiger partial charge in [-0.25, -0.2) is 4.79 Å². The fourth-order valence-electron chi connectivity index (χ4n) is 3.18. The van der Waals surface area contributed by atoms with E-state index in [-0.39, 0.29) is 17.9 Å². The minimum absolute atomic E-state index is 0.00766. The highest BCUT2D eigenvalue weighted by Gasteiger charge is 2.30. The number of carbonyl (C=O) groups is 2. The summed E-state index contributed by atoms with van der Waals surface area (Å²) in [6, 6.07) is -0.00766. The molecule has 1 aliphatic heterocycles. The average Bonchev–Trinajstić information content (AvgIpc) is 2.98. The highest BCUT2D eigenvalue weighted by Crippen LogP contribution is 2.19. The van der Waals surface area contributed by atoms with E-state index in [1.807, 2.05) is 31.4 Å². The van der Waals surface area contributed by atoms with E-state index in [4.69, 9.17) is 0 Å². The van der Waals surface area contributed by atoms with E-state index in [1.165, 1.54) is 5.56 Å². The number of hydrogen-bond donors (Lipinski definition) is 0. The van der Waals surface area contributed by atoms with Gasteiger partial charge in [0, 0.05) is 54.0 Å². The first-order valence-electron chi connectivity index (χ1n) is 8.57. The van der Waals surface area contributed by atoms with E-state index < -0.39 is 0 Å². The Bertz CT molecular complexity index is 569. The number of aromatic nitrogens is 2. The van der Waals surface area contributed by atoms with E-state index in [1.54, 1.807) is 28.6 Å². The normalized spacial score (nSPS) is 17.7.